The van der Waals surface area contributed by atoms with E-state index in [-0.39, 0.29) is 30.6 Å². The standard InChI is InChI=1S/C21H29N3O5/c1-15(13-27-2)24-12-17(10-20(24)25)21(26)23-7-5-22(6-8-23)11-16-3-4-18-19(9-16)29-14-28-18/h3-4,9,15,17H,5-8,10-14H2,1-2H3/p+1/t15-,17-/m0/s1. The number of rotatable bonds is 6. The second-order valence-electron chi connectivity index (χ2n) is 8.19. The van der Waals surface area contributed by atoms with E-state index in [9.17, 15) is 9.59 Å². The van der Waals surface area contributed by atoms with Crippen LogP contribution in [-0.2, 0) is 20.9 Å². The van der Waals surface area contributed by atoms with Crippen LogP contribution in [0.5, 0.6) is 11.5 Å². The van der Waals surface area contributed by atoms with Gasteiger partial charge in [0, 0.05) is 25.6 Å². The van der Waals surface area contributed by atoms with Gasteiger partial charge in [0.25, 0.3) is 0 Å². The highest BCUT2D eigenvalue weighted by atomic mass is 16.7. The van der Waals surface area contributed by atoms with Gasteiger partial charge in [-0.15, -0.1) is 0 Å². The van der Waals surface area contributed by atoms with E-state index in [1.54, 1.807) is 12.0 Å². The maximum atomic E-state index is 12.9. The van der Waals surface area contributed by atoms with Crippen LogP contribution in [-0.4, -0.2) is 80.9 Å². The Hall–Kier alpha value is -2.32. The van der Waals surface area contributed by atoms with Gasteiger partial charge in [-0.3, -0.25) is 9.59 Å². The predicted octanol–water partition coefficient (Wildman–Crippen LogP) is -0.474. The molecule has 0 spiro atoms. The molecule has 0 aromatic heterocycles. The van der Waals surface area contributed by atoms with Gasteiger partial charge in [0.2, 0.25) is 18.6 Å². The Morgan fingerprint density at radius 3 is 2.79 bits per heavy atom. The Labute approximate surface area is 171 Å². The predicted molar refractivity (Wildman–Crippen MR) is 105 cm³/mol. The summed E-state index contributed by atoms with van der Waals surface area (Å²) < 4.78 is 16.0. The number of nitrogens with zero attached hydrogens (tertiary/aromatic N) is 2. The summed E-state index contributed by atoms with van der Waals surface area (Å²) in [5, 5.41) is 0. The second-order valence-corrected chi connectivity index (χ2v) is 8.19. The number of likely N-dealkylation sites (tertiary alicyclic amines) is 1. The van der Waals surface area contributed by atoms with Crippen LogP contribution in [0.2, 0.25) is 0 Å². The Morgan fingerprint density at radius 2 is 2.03 bits per heavy atom. The van der Waals surface area contributed by atoms with Crippen LogP contribution in [0, 0.1) is 5.92 Å². The lowest BCUT2D eigenvalue weighted by Crippen LogP contribution is -3.13. The number of fused-ring (bicyclic) bond motifs is 1. The molecule has 3 heterocycles. The molecule has 29 heavy (non-hydrogen) atoms. The van der Waals surface area contributed by atoms with E-state index in [1.165, 1.54) is 10.5 Å². The van der Waals surface area contributed by atoms with E-state index in [2.05, 4.69) is 6.07 Å². The number of carbonyl (C=O) groups excluding carboxylic acids is 2. The van der Waals surface area contributed by atoms with Crippen LogP contribution in [0.1, 0.15) is 18.9 Å². The van der Waals surface area contributed by atoms with Crippen molar-refractivity contribution < 1.29 is 28.7 Å². The van der Waals surface area contributed by atoms with Gasteiger partial charge < -0.3 is 28.9 Å². The summed E-state index contributed by atoms with van der Waals surface area (Å²) in [7, 11) is 1.63. The summed E-state index contributed by atoms with van der Waals surface area (Å²) in [5.41, 5.74) is 1.22. The smallest absolute Gasteiger partial charge is 0.231 e. The van der Waals surface area contributed by atoms with E-state index >= 15 is 0 Å². The first-order chi connectivity index (χ1) is 14.0. The number of quaternary nitrogens is 1. The van der Waals surface area contributed by atoms with Crippen molar-refractivity contribution in [1.82, 2.24) is 9.80 Å². The fourth-order valence-corrected chi connectivity index (χ4v) is 4.47. The molecule has 3 aliphatic heterocycles. The third kappa shape index (κ3) is 4.33. The van der Waals surface area contributed by atoms with Gasteiger partial charge in [0.05, 0.1) is 44.7 Å². The largest absolute Gasteiger partial charge is 0.454 e. The van der Waals surface area contributed by atoms with E-state index in [0.717, 1.165) is 44.2 Å². The number of hydrogen-bond acceptors (Lipinski definition) is 5. The van der Waals surface area contributed by atoms with E-state index < -0.39 is 0 Å². The molecule has 2 atom stereocenters. The van der Waals surface area contributed by atoms with E-state index in [4.69, 9.17) is 14.2 Å². The van der Waals surface area contributed by atoms with Crippen LogP contribution in [0.15, 0.2) is 18.2 Å². The second kappa shape index (κ2) is 8.59. The summed E-state index contributed by atoms with van der Waals surface area (Å²) in [5.74, 6) is 1.57. The molecule has 2 fully saturated rings. The van der Waals surface area contributed by atoms with Crippen molar-refractivity contribution in [2.75, 3.05) is 53.2 Å². The van der Waals surface area contributed by atoms with Crippen LogP contribution < -0.4 is 14.4 Å². The number of ether oxygens (including phenoxy) is 3. The highest BCUT2D eigenvalue weighted by molar-refractivity contribution is 5.89. The lowest BCUT2D eigenvalue weighted by molar-refractivity contribution is -0.917. The molecule has 0 bridgehead atoms. The van der Waals surface area contributed by atoms with Crippen LogP contribution in [0.3, 0.4) is 0 Å². The van der Waals surface area contributed by atoms with Crippen LogP contribution in [0.25, 0.3) is 0 Å². The molecule has 0 unspecified atom stereocenters. The Morgan fingerprint density at radius 1 is 1.28 bits per heavy atom. The molecule has 158 valence electrons. The maximum absolute atomic E-state index is 12.9. The monoisotopic (exact) mass is 404 g/mol. The summed E-state index contributed by atoms with van der Waals surface area (Å²) in [4.78, 5) is 30.4. The number of benzene rings is 1. The molecule has 1 aromatic rings. The number of hydrogen-bond donors (Lipinski definition) is 1. The zero-order valence-corrected chi connectivity index (χ0v) is 17.2. The Bertz CT molecular complexity index is 763. The van der Waals surface area contributed by atoms with Crippen molar-refractivity contribution in [1.29, 1.82) is 0 Å². The van der Waals surface area contributed by atoms with Gasteiger partial charge in [-0.05, 0) is 25.1 Å². The van der Waals surface area contributed by atoms with E-state index in [0.29, 0.717) is 19.6 Å². The summed E-state index contributed by atoms with van der Waals surface area (Å²) in [6.07, 6.45) is 0.317. The van der Waals surface area contributed by atoms with Gasteiger partial charge in [-0.1, -0.05) is 0 Å². The molecule has 1 N–H and O–H groups in total. The van der Waals surface area contributed by atoms with Gasteiger partial charge in [0.15, 0.2) is 11.5 Å². The molecule has 0 radical (unpaired) electrons. The van der Waals surface area contributed by atoms with Crippen molar-refractivity contribution in [2.45, 2.75) is 25.9 Å². The molecule has 4 rings (SSSR count). The van der Waals surface area contributed by atoms with Crippen molar-refractivity contribution >= 4 is 11.8 Å². The third-order valence-electron chi connectivity index (χ3n) is 6.12. The number of nitrogens with one attached hydrogen (secondary N) is 1. The molecule has 2 saturated heterocycles. The minimum atomic E-state index is -0.225. The topological polar surface area (TPSA) is 72.8 Å². The lowest BCUT2D eigenvalue weighted by atomic mass is 10.1. The third-order valence-corrected chi connectivity index (χ3v) is 6.12. The fraction of sp³-hybridized carbons (Fsp3) is 0.619. The molecule has 2 amide bonds. The summed E-state index contributed by atoms with van der Waals surface area (Å²) >= 11 is 0. The van der Waals surface area contributed by atoms with Crippen molar-refractivity contribution in [3.63, 3.8) is 0 Å². The SMILES string of the molecule is COC[C@H](C)N1C[C@@H](C(=O)N2CC[NH+](Cc3ccc4c(c3)OCO4)CC2)CC1=O. The molecular weight excluding hydrogens is 374 g/mol. The minimum Gasteiger partial charge on any atom is -0.454 e. The maximum Gasteiger partial charge on any atom is 0.231 e. The molecule has 1 aromatic carbocycles. The molecule has 8 nitrogen and oxygen atoms in total. The molecule has 8 heteroatoms. The minimum absolute atomic E-state index is 0.00768. The first-order valence-electron chi connectivity index (χ1n) is 10.3. The number of amides is 2. The average Bonchev–Trinajstić information content (AvgIpc) is 3.34. The molecular formula is C21H30N3O5+. The van der Waals surface area contributed by atoms with Crippen LogP contribution in [0.4, 0.5) is 0 Å². The highest BCUT2D eigenvalue weighted by Gasteiger charge is 2.39. The molecule has 0 saturated carbocycles. The van der Waals surface area contributed by atoms with Gasteiger partial charge in [-0.25, -0.2) is 0 Å². The van der Waals surface area contributed by atoms with Crippen molar-refractivity contribution in [3.05, 3.63) is 23.8 Å². The molecule has 0 aliphatic carbocycles. The van der Waals surface area contributed by atoms with E-state index in [1.807, 2.05) is 24.0 Å². The van der Waals surface area contributed by atoms with Gasteiger partial charge >= 0.3 is 0 Å². The highest BCUT2D eigenvalue weighted by Crippen LogP contribution is 2.32. The zero-order valence-electron chi connectivity index (χ0n) is 17.2. The zero-order chi connectivity index (χ0) is 20.4. The quantitative estimate of drug-likeness (QED) is 0.694. The number of piperazine rings is 1. The molecule has 3 aliphatic rings. The lowest BCUT2D eigenvalue weighted by Gasteiger charge is -2.33. The summed E-state index contributed by atoms with van der Waals surface area (Å²) in [6.45, 7) is 7.44. The fourth-order valence-electron chi connectivity index (χ4n) is 4.47. The first-order valence-corrected chi connectivity index (χ1v) is 10.3. The van der Waals surface area contributed by atoms with Crippen molar-refractivity contribution in [3.8, 4) is 11.5 Å². The normalized spacial score (nSPS) is 23.0. The summed E-state index contributed by atoms with van der Waals surface area (Å²) in [6, 6.07) is 6.10. The van der Waals surface area contributed by atoms with Crippen molar-refractivity contribution in [2.24, 2.45) is 5.92 Å². The Kier molecular flexibility index (Phi) is 5.91. The van der Waals surface area contributed by atoms with Gasteiger partial charge in [-0.2, -0.15) is 0 Å². The van der Waals surface area contributed by atoms with Crippen LogP contribution >= 0.6 is 0 Å². The first kappa shape index (κ1) is 20.0. The average molecular weight is 404 g/mol. The number of methoxy groups -OCH3 is 1. The Balaban J connectivity index is 1.27. The van der Waals surface area contributed by atoms with Gasteiger partial charge in [0.1, 0.15) is 6.54 Å². The number of carbonyl (C=O) groups is 2.